The van der Waals surface area contributed by atoms with Crippen LogP contribution in [0.1, 0.15) is 44.4 Å². The molecule has 6 heteroatoms. The molecule has 0 heterocycles. The molecule has 1 amide bonds. The van der Waals surface area contributed by atoms with Gasteiger partial charge in [-0.1, -0.05) is 42.5 Å². The van der Waals surface area contributed by atoms with Crippen LogP contribution < -0.4 is 10.1 Å². The summed E-state index contributed by atoms with van der Waals surface area (Å²) in [7, 11) is 0. The lowest BCUT2D eigenvalue weighted by atomic mass is 9.94. The number of carbonyl (C=O) groups is 3. The maximum atomic E-state index is 12.6. The van der Waals surface area contributed by atoms with Crippen LogP contribution in [0.3, 0.4) is 0 Å². The zero-order valence-electron chi connectivity index (χ0n) is 16.9. The van der Waals surface area contributed by atoms with Crippen molar-refractivity contribution in [1.29, 1.82) is 0 Å². The average Bonchev–Trinajstić information content (AvgIpc) is 2.71. The Hall–Kier alpha value is -3.15. The van der Waals surface area contributed by atoms with Crippen LogP contribution in [0.4, 0.5) is 0 Å². The molecule has 2 rings (SSSR count). The molecule has 0 unspecified atom stereocenters. The van der Waals surface area contributed by atoms with Crippen LogP contribution in [0.5, 0.6) is 5.75 Å². The van der Waals surface area contributed by atoms with Gasteiger partial charge in [0.15, 0.2) is 6.10 Å². The Morgan fingerprint density at radius 1 is 1.00 bits per heavy atom. The number of hydrogen-bond donors (Lipinski definition) is 2. The number of amides is 1. The molecule has 0 bridgehead atoms. The number of ketones is 1. The molecule has 29 heavy (non-hydrogen) atoms. The van der Waals surface area contributed by atoms with E-state index >= 15 is 0 Å². The predicted molar refractivity (Wildman–Crippen MR) is 110 cm³/mol. The lowest BCUT2D eigenvalue weighted by Crippen LogP contribution is -2.42. The van der Waals surface area contributed by atoms with E-state index in [1.807, 2.05) is 18.2 Å². The quantitative estimate of drug-likeness (QED) is 0.640. The molecule has 0 fully saturated rings. The maximum absolute atomic E-state index is 12.6. The second-order valence-corrected chi connectivity index (χ2v) is 7.13. The fourth-order valence-electron chi connectivity index (χ4n) is 2.88. The fourth-order valence-corrected chi connectivity index (χ4v) is 2.88. The van der Waals surface area contributed by atoms with Crippen LogP contribution in [0.2, 0.25) is 0 Å². The summed E-state index contributed by atoms with van der Waals surface area (Å²) in [6.07, 6.45) is 0.351. The highest BCUT2D eigenvalue weighted by Gasteiger charge is 2.28. The van der Waals surface area contributed by atoms with Crippen molar-refractivity contribution in [2.45, 2.75) is 45.8 Å². The first-order chi connectivity index (χ1) is 13.8. The SMILES string of the molecule is CC(=O)CCc1ccc(O[C@H](C)C(=O)N[C@@H](c2ccccc2)[C@@H](C)C(=O)O)cc1. The third-order valence-electron chi connectivity index (χ3n) is 4.72. The zero-order valence-corrected chi connectivity index (χ0v) is 16.9. The summed E-state index contributed by atoms with van der Waals surface area (Å²) < 4.78 is 5.71. The van der Waals surface area contributed by atoms with Gasteiger partial charge in [-0.3, -0.25) is 9.59 Å². The van der Waals surface area contributed by atoms with Crippen LogP contribution in [0.15, 0.2) is 54.6 Å². The molecule has 0 aliphatic heterocycles. The van der Waals surface area contributed by atoms with Crippen molar-refractivity contribution < 1.29 is 24.2 Å². The third-order valence-corrected chi connectivity index (χ3v) is 4.72. The number of carbonyl (C=O) groups excluding carboxylic acids is 2. The minimum Gasteiger partial charge on any atom is -0.481 e. The minimum atomic E-state index is -0.992. The van der Waals surface area contributed by atoms with E-state index < -0.39 is 29.9 Å². The zero-order chi connectivity index (χ0) is 21.4. The number of rotatable bonds is 10. The molecule has 2 aromatic carbocycles. The number of hydrogen-bond acceptors (Lipinski definition) is 4. The van der Waals surface area contributed by atoms with Gasteiger partial charge in [-0.15, -0.1) is 0 Å². The molecule has 3 atom stereocenters. The number of nitrogens with one attached hydrogen (secondary N) is 1. The molecule has 0 aromatic heterocycles. The van der Waals surface area contributed by atoms with Crippen LogP contribution in [0, 0.1) is 5.92 Å². The molecule has 6 nitrogen and oxygen atoms in total. The summed E-state index contributed by atoms with van der Waals surface area (Å²) in [5.41, 5.74) is 1.74. The smallest absolute Gasteiger partial charge is 0.308 e. The van der Waals surface area contributed by atoms with Gasteiger partial charge in [-0.2, -0.15) is 0 Å². The molecular weight excluding hydrogens is 370 g/mol. The van der Waals surface area contributed by atoms with Crippen LogP contribution in [0.25, 0.3) is 0 Å². The Morgan fingerprint density at radius 2 is 1.62 bits per heavy atom. The Labute approximate surface area is 170 Å². The van der Waals surface area contributed by atoms with Gasteiger partial charge in [0.25, 0.3) is 5.91 Å². The second-order valence-electron chi connectivity index (χ2n) is 7.13. The summed E-state index contributed by atoms with van der Waals surface area (Å²) >= 11 is 0. The number of carboxylic acids is 1. The Morgan fingerprint density at radius 3 is 2.17 bits per heavy atom. The van der Waals surface area contributed by atoms with Crippen molar-refractivity contribution in [2.24, 2.45) is 5.92 Å². The lowest BCUT2D eigenvalue weighted by molar-refractivity contribution is -0.142. The highest BCUT2D eigenvalue weighted by atomic mass is 16.5. The van der Waals surface area contributed by atoms with Crippen molar-refractivity contribution in [3.8, 4) is 5.75 Å². The van der Waals surface area contributed by atoms with Crippen molar-refractivity contribution in [3.63, 3.8) is 0 Å². The standard InChI is InChI=1S/C23H27NO5/c1-15(25)9-10-18-11-13-20(14-12-18)29-17(3)22(26)24-21(16(2)23(27)28)19-7-5-4-6-8-19/h4-8,11-14,16-17,21H,9-10H2,1-3H3,(H,24,26)(H,27,28)/t16-,17-,21-/m1/s1. The van der Waals surface area contributed by atoms with Crippen molar-refractivity contribution in [3.05, 3.63) is 65.7 Å². The molecule has 2 N–H and O–H groups in total. The number of carboxylic acid groups (broad SMARTS) is 1. The molecule has 0 spiro atoms. The van der Waals surface area contributed by atoms with Gasteiger partial charge in [0.1, 0.15) is 11.5 Å². The van der Waals surface area contributed by atoms with Gasteiger partial charge in [0.2, 0.25) is 0 Å². The summed E-state index contributed by atoms with van der Waals surface area (Å²) in [6, 6.07) is 15.6. The molecule has 0 saturated carbocycles. The minimum absolute atomic E-state index is 0.138. The van der Waals surface area contributed by atoms with Crippen molar-refractivity contribution >= 4 is 17.7 Å². The largest absolute Gasteiger partial charge is 0.481 e. The van der Waals surface area contributed by atoms with E-state index in [1.165, 1.54) is 0 Å². The fraction of sp³-hybridized carbons (Fsp3) is 0.348. The molecule has 0 aliphatic carbocycles. The summed E-state index contributed by atoms with van der Waals surface area (Å²) in [4.78, 5) is 35.2. The Balaban J connectivity index is 2.02. The van der Waals surface area contributed by atoms with Crippen molar-refractivity contribution in [2.75, 3.05) is 0 Å². The van der Waals surface area contributed by atoms with Crippen LogP contribution >= 0.6 is 0 Å². The maximum Gasteiger partial charge on any atom is 0.308 e. The first-order valence-corrected chi connectivity index (χ1v) is 9.61. The summed E-state index contributed by atoms with van der Waals surface area (Å²) in [6.45, 7) is 4.74. The topological polar surface area (TPSA) is 92.7 Å². The Kier molecular flexibility index (Phi) is 7.95. The van der Waals surface area contributed by atoms with Gasteiger partial charge >= 0.3 is 5.97 Å². The third kappa shape index (κ3) is 6.75. The Bertz CT molecular complexity index is 832. The highest BCUT2D eigenvalue weighted by Crippen LogP contribution is 2.23. The monoisotopic (exact) mass is 397 g/mol. The average molecular weight is 397 g/mol. The van der Waals surface area contributed by atoms with E-state index in [9.17, 15) is 19.5 Å². The number of ether oxygens (including phenoxy) is 1. The molecular formula is C23H27NO5. The summed E-state index contributed by atoms with van der Waals surface area (Å²) in [5.74, 6) is -1.52. The van der Waals surface area contributed by atoms with E-state index in [0.717, 1.165) is 11.1 Å². The molecule has 2 aromatic rings. The molecule has 0 saturated heterocycles. The van der Waals surface area contributed by atoms with Gasteiger partial charge in [-0.25, -0.2) is 0 Å². The number of benzene rings is 2. The number of Topliss-reactive ketones (excluding diaryl/α,β-unsaturated/α-hetero) is 1. The van der Waals surface area contributed by atoms with E-state index in [2.05, 4.69) is 5.32 Å². The van der Waals surface area contributed by atoms with Gasteiger partial charge in [0, 0.05) is 6.42 Å². The van der Waals surface area contributed by atoms with Gasteiger partial charge in [-0.05, 0) is 50.5 Å². The van der Waals surface area contributed by atoms with E-state index in [0.29, 0.717) is 18.6 Å². The number of aliphatic carboxylic acids is 1. The van der Waals surface area contributed by atoms with Crippen LogP contribution in [-0.2, 0) is 20.8 Å². The predicted octanol–water partition coefficient (Wildman–Crippen LogP) is 3.55. The van der Waals surface area contributed by atoms with E-state index in [1.54, 1.807) is 57.2 Å². The lowest BCUT2D eigenvalue weighted by Gasteiger charge is -2.25. The molecule has 0 aliphatic rings. The summed E-state index contributed by atoms with van der Waals surface area (Å²) in [5, 5.41) is 12.2. The molecule has 0 radical (unpaired) electrons. The molecule has 154 valence electrons. The normalized spacial score (nSPS) is 13.8. The highest BCUT2D eigenvalue weighted by molar-refractivity contribution is 5.82. The van der Waals surface area contributed by atoms with E-state index in [-0.39, 0.29) is 5.78 Å². The number of aryl methyl sites for hydroxylation is 1. The van der Waals surface area contributed by atoms with Gasteiger partial charge < -0.3 is 20.0 Å². The van der Waals surface area contributed by atoms with Crippen LogP contribution in [-0.4, -0.2) is 28.9 Å². The van der Waals surface area contributed by atoms with E-state index in [4.69, 9.17) is 4.74 Å². The van der Waals surface area contributed by atoms with Gasteiger partial charge in [0.05, 0.1) is 12.0 Å². The first-order valence-electron chi connectivity index (χ1n) is 9.61. The first kappa shape index (κ1) is 22.1. The van der Waals surface area contributed by atoms with Crippen molar-refractivity contribution in [1.82, 2.24) is 5.32 Å². The second kappa shape index (κ2) is 10.4.